The van der Waals surface area contributed by atoms with Crippen molar-refractivity contribution < 1.29 is 22.6 Å². The van der Waals surface area contributed by atoms with E-state index in [4.69, 9.17) is 9.47 Å². The van der Waals surface area contributed by atoms with Gasteiger partial charge in [-0.1, -0.05) is 24.3 Å². The van der Waals surface area contributed by atoms with Crippen LogP contribution in [-0.4, -0.2) is 23.1 Å². The van der Waals surface area contributed by atoms with Crippen LogP contribution < -0.4 is 15.0 Å². The van der Waals surface area contributed by atoms with Gasteiger partial charge in [-0.25, -0.2) is 4.98 Å². The van der Waals surface area contributed by atoms with Gasteiger partial charge in [0.25, 0.3) is 5.56 Å². The van der Waals surface area contributed by atoms with Gasteiger partial charge in [0.05, 0.1) is 30.5 Å². The number of thiazole rings is 1. The van der Waals surface area contributed by atoms with Crippen molar-refractivity contribution in [3.8, 4) is 22.6 Å². The van der Waals surface area contributed by atoms with Gasteiger partial charge in [0.2, 0.25) is 0 Å². The molecule has 1 fully saturated rings. The minimum absolute atomic E-state index is 0.224. The summed E-state index contributed by atoms with van der Waals surface area (Å²) in [6.45, 7) is 0.663. The van der Waals surface area contributed by atoms with Crippen LogP contribution >= 0.6 is 11.3 Å². The normalized spacial score (nSPS) is 14.1. The molecule has 180 valence electrons. The fraction of sp³-hybridized carbons (Fsp3) is 0.231. The van der Waals surface area contributed by atoms with Gasteiger partial charge in [-0.05, 0) is 60.2 Å². The van der Waals surface area contributed by atoms with Gasteiger partial charge in [-0.3, -0.25) is 9.20 Å². The summed E-state index contributed by atoms with van der Waals surface area (Å²) in [6.07, 6.45) is 2.99. The van der Waals surface area contributed by atoms with Crippen LogP contribution in [-0.2, 0) is 6.18 Å². The average molecular weight is 499 g/mol. The summed E-state index contributed by atoms with van der Waals surface area (Å²) in [7, 11) is 1.57. The molecule has 1 aliphatic carbocycles. The minimum atomic E-state index is -4.46. The van der Waals surface area contributed by atoms with E-state index < -0.39 is 11.7 Å². The summed E-state index contributed by atoms with van der Waals surface area (Å²) >= 11 is 1.30. The van der Waals surface area contributed by atoms with Crippen LogP contribution in [0.1, 0.15) is 29.7 Å². The lowest BCUT2D eigenvalue weighted by Crippen LogP contribution is -2.17. The second kappa shape index (κ2) is 9.22. The van der Waals surface area contributed by atoms with Crippen LogP contribution in [0.5, 0.6) is 11.5 Å². The molecule has 0 spiro atoms. The van der Waals surface area contributed by atoms with Crippen LogP contribution in [0.3, 0.4) is 0 Å². The van der Waals surface area contributed by atoms with Gasteiger partial charge >= 0.3 is 6.18 Å². The molecule has 0 saturated heterocycles. The second-order valence-electron chi connectivity index (χ2n) is 8.31. The molecule has 1 aliphatic rings. The van der Waals surface area contributed by atoms with E-state index in [-0.39, 0.29) is 11.1 Å². The molecule has 0 radical (unpaired) electrons. The molecule has 2 heterocycles. The number of hydrogen-bond acceptors (Lipinski definition) is 5. The van der Waals surface area contributed by atoms with E-state index in [9.17, 15) is 18.0 Å². The first-order valence-electron chi connectivity index (χ1n) is 11.0. The van der Waals surface area contributed by atoms with Gasteiger partial charge in [0, 0.05) is 11.6 Å². The third-order valence-corrected chi connectivity index (χ3v) is 6.54. The largest absolute Gasteiger partial charge is 0.493 e. The molecule has 0 amide bonds. The predicted octanol–water partition coefficient (Wildman–Crippen LogP) is 6.41. The van der Waals surface area contributed by atoms with Crippen molar-refractivity contribution in [1.29, 1.82) is 0 Å². The molecule has 0 N–H and O–H groups in total. The molecule has 5 rings (SSSR count). The summed E-state index contributed by atoms with van der Waals surface area (Å²) in [4.78, 5) is 18.3. The van der Waals surface area contributed by atoms with Crippen LogP contribution in [0.15, 0.2) is 58.8 Å². The highest BCUT2D eigenvalue weighted by molar-refractivity contribution is 7.15. The summed E-state index contributed by atoms with van der Waals surface area (Å²) in [5, 5.41) is 1.74. The highest BCUT2D eigenvalue weighted by atomic mass is 32.1. The molecule has 4 aromatic rings. The predicted molar refractivity (Wildman–Crippen MR) is 130 cm³/mol. The monoisotopic (exact) mass is 498 g/mol. The Morgan fingerprint density at radius 3 is 2.57 bits per heavy atom. The molecule has 0 bridgehead atoms. The number of fused-ring (bicyclic) bond motifs is 1. The van der Waals surface area contributed by atoms with Crippen molar-refractivity contribution >= 4 is 28.4 Å². The Balaban J connectivity index is 1.52. The summed E-state index contributed by atoms with van der Waals surface area (Å²) in [5.74, 6) is 1.87. The van der Waals surface area contributed by atoms with Crippen LogP contribution in [0.25, 0.3) is 28.2 Å². The Bertz CT molecular complexity index is 1450. The van der Waals surface area contributed by atoms with E-state index in [1.54, 1.807) is 30.8 Å². The quantitative estimate of drug-likeness (QED) is 0.296. The van der Waals surface area contributed by atoms with Crippen molar-refractivity contribution in [2.75, 3.05) is 13.7 Å². The summed E-state index contributed by atoms with van der Waals surface area (Å²) in [6, 6.07) is 10.1. The van der Waals surface area contributed by atoms with Crippen molar-refractivity contribution in [2.45, 2.75) is 19.0 Å². The second-order valence-corrected chi connectivity index (χ2v) is 9.18. The Morgan fingerprint density at radius 2 is 1.89 bits per heavy atom. The van der Waals surface area contributed by atoms with Crippen LogP contribution in [0, 0.1) is 5.92 Å². The van der Waals surface area contributed by atoms with Crippen molar-refractivity contribution in [1.82, 2.24) is 9.38 Å². The minimum Gasteiger partial charge on any atom is -0.493 e. The standard InChI is InChI=1S/C26H21F3N2O3S/c1-33-22-14-16(5-11-21(22)34-15-17-2-3-17)4-10-20-23(24(32)31-12-13-35-25(31)30-20)18-6-8-19(9-7-18)26(27,28)29/h4-14,17H,2-3,15H2,1H3. The summed E-state index contributed by atoms with van der Waals surface area (Å²) < 4.78 is 51.8. The zero-order chi connectivity index (χ0) is 24.6. The first-order chi connectivity index (χ1) is 16.8. The fourth-order valence-electron chi connectivity index (χ4n) is 3.69. The molecule has 2 aromatic carbocycles. The van der Waals surface area contributed by atoms with Gasteiger partial charge in [0.15, 0.2) is 16.5 Å². The van der Waals surface area contributed by atoms with Crippen molar-refractivity contribution in [3.05, 3.63) is 81.2 Å². The van der Waals surface area contributed by atoms with E-state index in [1.165, 1.54) is 40.7 Å². The zero-order valence-corrected chi connectivity index (χ0v) is 19.5. The fourth-order valence-corrected chi connectivity index (χ4v) is 4.40. The molecular weight excluding hydrogens is 477 g/mol. The number of benzene rings is 2. The molecular formula is C26H21F3N2O3S. The number of halogens is 3. The lowest BCUT2D eigenvalue weighted by atomic mass is 10.0. The molecule has 35 heavy (non-hydrogen) atoms. The van der Waals surface area contributed by atoms with Crippen LogP contribution in [0.4, 0.5) is 13.2 Å². The van der Waals surface area contributed by atoms with Gasteiger partial charge in [0.1, 0.15) is 0 Å². The third-order valence-electron chi connectivity index (χ3n) is 5.79. The number of aromatic nitrogens is 2. The Labute approximate surface area is 203 Å². The van der Waals surface area contributed by atoms with Crippen molar-refractivity contribution in [2.24, 2.45) is 5.92 Å². The molecule has 1 saturated carbocycles. The molecule has 9 heteroatoms. The van der Waals surface area contributed by atoms with E-state index in [0.29, 0.717) is 40.2 Å². The lowest BCUT2D eigenvalue weighted by Gasteiger charge is -2.11. The first kappa shape index (κ1) is 23.2. The maximum atomic E-state index is 13.2. The maximum Gasteiger partial charge on any atom is 0.416 e. The molecule has 0 atom stereocenters. The summed E-state index contributed by atoms with van der Waals surface area (Å²) in [5.41, 5.74) is 0.618. The number of hydrogen-bond donors (Lipinski definition) is 0. The molecule has 5 nitrogen and oxygen atoms in total. The first-order valence-corrected chi connectivity index (χ1v) is 11.9. The lowest BCUT2D eigenvalue weighted by molar-refractivity contribution is -0.137. The Hall–Kier alpha value is -3.59. The smallest absolute Gasteiger partial charge is 0.416 e. The molecule has 2 aromatic heterocycles. The number of ether oxygens (including phenoxy) is 2. The number of alkyl halides is 3. The number of rotatable bonds is 7. The Morgan fingerprint density at radius 1 is 1.11 bits per heavy atom. The highest BCUT2D eigenvalue weighted by Gasteiger charge is 2.30. The highest BCUT2D eigenvalue weighted by Crippen LogP contribution is 2.34. The van der Waals surface area contributed by atoms with Crippen molar-refractivity contribution in [3.63, 3.8) is 0 Å². The molecule has 0 aliphatic heterocycles. The third kappa shape index (κ3) is 4.95. The Kier molecular flexibility index (Phi) is 6.10. The SMILES string of the molecule is COc1cc(C=Cc2nc3sccn3c(=O)c2-c2ccc(C(F)(F)F)cc2)ccc1OCC1CC1. The number of methoxy groups -OCH3 is 1. The molecule has 0 unspecified atom stereocenters. The van der Waals surface area contributed by atoms with E-state index in [0.717, 1.165) is 17.7 Å². The topological polar surface area (TPSA) is 52.8 Å². The average Bonchev–Trinajstić information content (AvgIpc) is 3.55. The van der Waals surface area contributed by atoms with E-state index in [2.05, 4.69) is 4.98 Å². The maximum absolute atomic E-state index is 13.2. The van der Waals surface area contributed by atoms with Crippen LogP contribution in [0.2, 0.25) is 0 Å². The van der Waals surface area contributed by atoms with Gasteiger partial charge in [-0.15, -0.1) is 11.3 Å². The van der Waals surface area contributed by atoms with Gasteiger partial charge < -0.3 is 9.47 Å². The van der Waals surface area contributed by atoms with E-state index >= 15 is 0 Å². The zero-order valence-electron chi connectivity index (χ0n) is 18.7. The van der Waals surface area contributed by atoms with Gasteiger partial charge in [-0.2, -0.15) is 13.2 Å². The van der Waals surface area contributed by atoms with E-state index in [1.807, 2.05) is 18.2 Å². The number of nitrogens with zero attached hydrogens (tertiary/aromatic N) is 2.